The number of benzene rings is 1. The van der Waals surface area contributed by atoms with Gasteiger partial charge in [0.25, 0.3) is 0 Å². The van der Waals surface area contributed by atoms with Crippen LogP contribution in [0.2, 0.25) is 0 Å². The second kappa shape index (κ2) is 8.90. The van der Waals surface area contributed by atoms with E-state index in [-0.39, 0.29) is 0 Å². The van der Waals surface area contributed by atoms with E-state index in [2.05, 4.69) is 12.2 Å². The molecule has 0 spiro atoms. The summed E-state index contributed by atoms with van der Waals surface area (Å²) in [6.45, 7) is 5.67. The van der Waals surface area contributed by atoms with Crippen LogP contribution >= 0.6 is 0 Å². The fourth-order valence-corrected chi connectivity index (χ4v) is 2.74. The molecule has 1 fully saturated rings. The van der Waals surface area contributed by atoms with E-state index in [0.717, 1.165) is 44.1 Å². The lowest BCUT2D eigenvalue weighted by atomic mass is 9.93. The van der Waals surface area contributed by atoms with E-state index < -0.39 is 0 Å². The van der Waals surface area contributed by atoms with Gasteiger partial charge in [-0.25, -0.2) is 0 Å². The van der Waals surface area contributed by atoms with Gasteiger partial charge in [-0.1, -0.05) is 19.1 Å². The SMILES string of the molecule is CCCNC1CCOCC1CCOc1ccccc1OC. The summed E-state index contributed by atoms with van der Waals surface area (Å²) in [5.41, 5.74) is 0. The molecule has 1 aliphatic heterocycles. The number of methoxy groups -OCH3 is 1. The Kier molecular flexibility index (Phi) is 6.83. The molecule has 1 aliphatic rings. The first-order chi connectivity index (χ1) is 10.3. The zero-order chi connectivity index (χ0) is 14.9. The molecule has 0 radical (unpaired) electrons. The number of rotatable bonds is 8. The second-order valence-electron chi connectivity index (χ2n) is 5.47. The molecule has 2 unspecified atom stereocenters. The quantitative estimate of drug-likeness (QED) is 0.800. The molecule has 2 atom stereocenters. The van der Waals surface area contributed by atoms with Crippen molar-refractivity contribution in [3.05, 3.63) is 24.3 Å². The molecule has 0 aromatic heterocycles. The van der Waals surface area contributed by atoms with Crippen LogP contribution in [0, 0.1) is 5.92 Å². The lowest BCUT2D eigenvalue weighted by Crippen LogP contribution is -2.43. The Morgan fingerprint density at radius 1 is 1.29 bits per heavy atom. The Hall–Kier alpha value is -1.26. The summed E-state index contributed by atoms with van der Waals surface area (Å²) < 4.78 is 16.8. The maximum absolute atomic E-state index is 5.88. The lowest BCUT2D eigenvalue weighted by Gasteiger charge is -2.32. The molecule has 1 heterocycles. The van der Waals surface area contributed by atoms with E-state index in [1.807, 2.05) is 24.3 Å². The van der Waals surface area contributed by atoms with Crippen LogP contribution in [0.5, 0.6) is 11.5 Å². The van der Waals surface area contributed by atoms with E-state index >= 15 is 0 Å². The van der Waals surface area contributed by atoms with Crippen molar-refractivity contribution in [2.24, 2.45) is 5.92 Å². The van der Waals surface area contributed by atoms with Crippen molar-refractivity contribution >= 4 is 0 Å². The molecular weight excluding hydrogens is 266 g/mol. The Labute approximate surface area is 127 Å². The minimum Gasteiger partial charge on any atom is -0.493 e. The van der Waals surface area contributed by atoms with Crippen LogP contribution in [0.1, 0.15) is 26.2 Å². The molecule has 1 saturated heterocycles. The molecule has 1 aromatic rings. The molecule has 0 amide bonds. The van der Waals surface area contributed by atoms with Gasteiger partial charge in [0.2, 0.25) is 0 Å². The van der Waals surface area contributed by atoms with Crippen LogP contribution in [0.15, 0.2) is 24.3 Å². The first-order valence-electron chi connectivity index (χ1n) is 7.92. The van der Waals surface area contributed by atoms with Gasteiger partial charge in [0.1, 0.15) is 0 Å². The molecule has 1 aromatic carbocycles. The predicted molar refractivity (Wildman–Crippen MR) is 84.1 cm³/mol. The van der Waals surface area contributed by atoms with Gasteiger partial charge < -0.3 is 19.5 Å². The van der Waals surface area contributed by atoms with Crippen molar-refractivity contribution in [1.82, 2.24) is 5.32 Å². The largest absolute Gasteiger partial charge is 0.493 e. The number of hydrogen-bond acceptors (Lipinski definition) is 4. The average molecular weight is 293 g/mol. The zero-order valence-corrected chi connectivity index (χ0v) is 13.1. The third-order valence-electron chi connectivity index (χ3n) is 3.95. The monoisotopic (exact) mass is 293 g/mol. The Bertz CT molecular complexity index is 411. The summed E-state index contributed by atoms with van der Waals surface area (Å²) in [6.07, 6.45) is 3.26. The normalized spacial score (nSPS) is 22.0. The molecule has 0 bridgehead atoms. The standard InChI is InChI=1S/C17H27NO3/c1-3-10-18-15-9-11-20-13-14(15)8-12-21-17-7-5-4-6-16(17)19-2/h4-7,14-15,18H,3,8-13H2,1-2H3. The van der Waals surface area contributed by atoms with Gasteiger partial charge in [0, 0.05) is 18.6 Å². The molecule has 21 heavy (non-hydrogen) atoms. The average Bonchev–Trinajstić information content (AvgIpc) is 2.54. The highest BCUT2D eigenvalue weighted by Gasteiger charge is 2.25. The van der Waals surface area contributed by atoms with Gasteiger partial charge in [-0.3, -0.25) is 0 Å². The van der Waals surface area contributed by atoms with E-state index in [4.69, 9.17) is 14.2 Å². The summed E-state index contributed by atoms with van der Waals surface area (Å²) in [6, 6.07) is 8.34. The Morgan fingerprint density at radius 3 is 2.86 bits per heavy atom. The van der Waals surface area contributed by atoms with Crippen LogP contribution < -0.4 is 14.8 Å². The highest BCUT2D eigenvalue weighted by atomic mass is 16.5. The smallest absolute Gasteiger partial charge is 0.161 e. The third-order valence-corrected chi connectivity index (χ3v) is 3.95. The molecule has 2 rings (SSSR count). The number of hydrogen-bond donors (Lipinski definition) is 1. The molecule has 118 valence electrons. The lowest BCUT2D eigenvalue weighted by molar-refractivity contribution is 0.0236. The van der Waals surface area contributed by atoms with E-state index in [1.54, 1.807) is 7.11 Å². The Balaban J connectivity index is 1.80. The fourth-order valence-electron chi connectivity index (χ4n) is 2.74. The number of nitrogens with one attached hydrogen (secondary N) is 1. The van der Waals surface area contributed by atoms with Gasteiger partial charge >= 0.3 is 0 Å². The van der Waals surface area contributed by atoms with Gasteiger partial charge in [0.15, 0.2) is 11.5 Å². The van der Waals surface area contributed by atoms with Gasteiger partial charge in [-0.05, 0) is 37.9 Å². The minimum absolute atomic E-state index is 0.528. The molecule has 0 saturated carbocycles. The second-order valence-corrected chi connectivity index (χ2v) is 5.47. The summed E-state index contributed by atoms with van der Waals surface area (Å²) in [5.74, 6) is 2.13. The Morgan fingerprint density at radius 2 is 2.10 bits per heavy atom. The highest BCUT2D eigenvalue weighted by Crippen LogP contribution is 2.26. The van der Waals surface area contributed by atoms with Crippen molar-refractivity contribution in [3.8, 4) is 11.5 Å². The van der Waals surface area contributed by atoms with Crippen LogP contribution in [-0.2, 0) is 4.74 Å². The molecule has 1 N–H and O–H groups in total. The van der Waals surface area contributed by atoms with Crippen LogP contribution in [0.25, 0.3) is 0 Å². The zero-order valence-electron chi connectivity index (χ0n) is 13.1. The predicted octanol–water partition coefficient (Wildman–Crippen LogP) is 2.87. The van der Waals surface area contributed by atoms with Crippen molar-refractivity contribution in [1.29, 1.82) is 0 Å². The highest BCUT2D eigenvalue weighted by molar-refractivity contribution is 5.39. The van der Waals surface area contributed by atoms with Crippen LogP contribution in [0.4, 0.5) is 0 Å². The van der Waals surface area contributed by atoms with E-state index in [1.165, 1.54) is 6.42 Å². The maximum Gasteiger partial charge on any atom is 0.161 e. The van der Waals surface area contributed by atoms with Crippen molar-refractivity contribution in [2.75, 3.05) is 33.5 Å². The topological polar surface area (TPSA) is 39.7 Å². The molecule has 4 heteroatoms. The van der Waals surface area contributed by atoms with Crippen LogP contribution in [-0.4, -0.2) is 39.5 Å². The van der Waals surface area contributed by atoms with Gasteiger partial charge in [0.05, 0.1) is 20.3 Å². The number of para-hydroxylation sites is 2. The molecule has 4 nitrogen and oxygen atoms in total. The fraction of sp³-hybridized carbons (Fsp3) is 0.647. The van der Waals surface area contributed by atoms with Crippen molar-refractivity contribution in [2.45, 2.75) is 32.2 Å². The van der Waals surface area contributed by atoms with E-state index in [0.29, 0.717) is 18.6 Å². The molecular formula is C17H27NO3. The van der Waals surface area contributed by atoms with Crippen molar-refractivity contribution < 1.29 is 14.2 Å². The maximum atomic E-state index is 5.88. The third kappa shape index (κ3) is 4.90. The first-order valence-corrected chi connectivity index (χ1v) is 7.92. The summed E-state index contributed by atoms with van der Waals surface area (Å²) >= 11 is 0. The first kappa shape index (κ1) is 16.1. The van der Waals surface area contributed by atoms with Gasteiger partial charge in [-0.15, -0.1) is 0 Å². The number of ether oxygens (including phenoxy) is 3. The van der Waals surface area contributed by atoms with Crippen molar-refractivity contribution in [3.63, 3.8) is 0 Å². The van der Waals surface area contributed by atoms with Gasteiger partial charge in [-0.2, -0.15) is 0 Å². The summed E-state index contributed by atoms with van der Waals surface area (Å²) in [4.78, 5) is 0. The molecule has 0 aliphatic carbocycles. The summed E-state index contributed by atoms with van der Waals surface area (Å²) in [7, 11) is 1.67. The minimum atomic E-state index is 0.528. The van der Waals surface area contributed by atoms with E-state index in [9.17, 15) is 0 Å². The van der Waals surface area contributed by atoms with Crippen LogP contribution in [0.3, 0.4) is 0 Å². The summed E-state index contributed by atoms with van der Waals surface area (Å²) in [5, 5.41) is 3.63.